The molecule has 28 heavy (non-hydrogen) atoms. The van der Waals surface area contributed by atoms with Gasteiger partial charge in [0.2, 0.25) is 11.8 Å². The third-order valence-corrected chi connectivity index (χ3v) is 5.45. The van der Waals surface area contributed by atoms with E-state index in [4.69, 9.17) is 0 Å². The van der Waals surface area contributed by atoms with Crippen LogP contribution in [0.4, 0.5) is 0 Å². The number of amides is 2. The number of fused-ring (bicyclic) bond motifs is 1. The second kappa shape index (κ2) is 7.58. The van der Waals surface area contributed by atoms with E-state index in [0.717, 1.165) is 18.4 Å². The SMILES string of the molecule is CC(=O)N1CCc2c(ncn(CC(=O)N(Cc3ccccc3)C3CC3)c2=O)C1. The minimum Gasteiger partial charge on any atom is -0.337 e. The Hall–Kier alpha value is -2.96. The second-order valence-corrected chi connectivity index (χ2v) is 7.53. The fourth-order valence-electron chi connectivity index (χ4n) is 3.67. The Labute approximate surface area is 163 Å². The van der Waals surface area contributed by atoms with Gasteiger partial charge in [0.25, 0.3) is 5.56 Å². The maximum absolute atomic E-state index is 12.9. The van der Waals surface area contributed by atoms with Crippen LogP contribution in [0.2, 0.25) is 0 Å². The lowest BCUT2D eigenvalue weighted by molar-refractivity contribution is -0.133. The molecule has 0 N–H and O–H groups in total. The first kappa shape index (κ1) is 18.4. The fourth-order valence-corrected chi connectivity index (χ4v) is 3.67. The average Bonchev–Trinajstić information content (AvgIpc) is 3.54. The molecule has 2 amide bonds. The van der Waals surface area contributed by atoms with Crippen molar-refractivity contribution in [1.82, 2.24) is 19.4 Å². The van der Waals surface area contributed by atoms with E-state index in [1.165, 1.54) is 17.8 Å². The predicted octanol–water partition coefficient (Wildman–Crippen LogP) is 1.34. The fraction of sp³-hybridized carbons (Fsp3) is 0.429. The summed E-state index contributed by atoms with van der Waals surface area (Å²) in [5.74, 6) is -0.0795. The number of carbonyl (C=O) groups is 2. The second-order valence-electron chi connectivity index (χ2n) is 7.53. The standard InChI is InChI=1S/C21H24N4O3/c1-15(26)23-10-9-18-19(12-23)22-14-24(21(18)28)13-20(27)25(17-7-8-17)11-16-5-3-2-4-6-16/h2-6,14,17H,7-13H2,1H3. The highest BCUT2D eigenvalue weighted by atomic mass is 16.2. The topological polar surface area (TPSA) is 75.5 Å². The lowest BCUT2D eigenvalue weighted by atomic mass is 10.1. The summed E-state index contributed by atoms with van der Waals surface area (Å²) >= 11 is 0. The van der Waals surface area contributed by atoms with Gasteiger partial charge in [0.15, 0.2) is 0 Å². The van der Waals surface area contributed by atoms with Crippen LogP contribution < -0.4 is 5.56 Å². The van der Waals surface area contributed by atoms with Crippen molar-refractivity contribution in [3.63, 3.8) is 0 Å². The van der Waals surface area contributed by atoms with Crippen molar-refractivity contribution >= 4 is 11.8 Å². The molecule has 7 heteroatoms. The zero-order chi connectivity index (χ0) is 19.7. The lowest BCUT2D eigenvalue weighted by Gasteiger charge is -2.27. The molecule has 2 aliphatic rings. The van der Waals surface area contributed by atoms with Crippen molar-refractivity contribution in [1.29, 1.82) is 0 Å². The number of carbonyl (C=O) groups excluding carboxylic acids is 2. The van der Waals surface area contributed by atoms with Gasteiger partial charge in [0, 0.05) is 31.6 Å². The van der Waals surface area contributed by atoms with Crippen LogP contribution in [-0.2, 0) is 35.6 Å². The van der Waals surface area contributed by atoms with E-state index in [1.807, 2.05) is 35.2 Å². The summed E-state index contributed by atoms with van der Waals surface area (Å²) in [5.41, 5.74) is 2.17. The third-order valence-electron chi connectivity index (χ3n) is 5.45. The van der Waals surface area contributed by atoms with Gasteiger partial charge in [0.1, 0.15) is 6.54 Å². The zero-order valence-electron chi connectivity index (χ0n) is 16.0. The minimum absolute atomic E-state index is 0.00112. The normalized spacial score (nSPS) is 15.8. The molecule has 7 nitrogen and oxygen atoms in total. The van der Waals surface area contributed by atoms with E-state index >= 15 is 0 Å². The molecule has 1 aromatic heterocycles. The number of hydrogen-bond acceptors (Lipinski definition) is 4. The smallest absolute Gasteiger partial charge is 0.257 e. The van der Waals surface area contributed by atoms with Crippen LogP contribution in [0.3, 0.4) is 0 Å². The van der Waals surface area contributed by atoms with E-state index in [0.29, 0.717) is 37.3 Å². The molecular formula is C21H24N4O3. The van der Waals surface area contributed by atoms with Crippen LogP contribution in [0.1, 0.15) is 36.6 Å². The summed E-state index contributed by atoms with van der Waals surface area (Å²) in [6.07, 6.45) is 3.94. The molecular weight excluding hydrogens is 356 g/mol. The Kier molecular flexibility index (Phi) is 4.98. The number of nitrogens with zero attached hydrogens (tertiary/aromatic N) is 4. The predicted molar refractivity (Wildman–Crippen MR) is 103 cm³/mol. The summed E-state index contributed by atoms with van der Waals surface area (Å²) in [6.45, 7) is 2.95. The van der Waals surface area contributed by atoms with Gasteiger partial charge in [-0.25, -0.2) is 4.98 Å². The highest BCUT2D eigenvalue weighted by Gasteiger charge is 2.33. The molecule has 2 aromatic rings. The Morgan fingerprint density at radius 2 is 1.96 bits per heavy atom. The van der Waals surface area contributed by atoms with Gasteiger partial charge in [-0.15, -0.1) is 0 Å². The molecule has 0 unspecified atom stereocenters. The Bertz CT molecular complexity index is 950. The first-order valence-electron chi connectivity index (χ1n) is 9.69. The molecule has 1 aliphatic heterocycles. The highest BCUT2D eigenvalue weighted by Crippen LogP contribution is 2.28. The molecule has 1 fully saturated rings. The van der Waals surface area contributed by atoms with Gasteiger partial charge in [-0.1, -0.05) is 30.3 Å². The molecule has 4 rings (SSSR count). The summed E-state index contributed by atoms with van der Waals surface area (Å²) in [4.78, 5) is 45.3. The van der Waals surface area contributed by atoms with Gasteiger partial charge in [-0.3, -0.25) is 19.0 Å². The van der Waals surface area contributed by atoms with Crippen molar-refractivity contribution in [2.24, 2.45) is 0 Å². The molecule has 0 radical (unpaired) electrons. The van der Waals surface area contributed by atoms with E-state index in [2.05, 4.69) is 4.98 Å². The van der Waals surface area contributed by atoms with Gasteiger partial charge in [-0.2, -0.15) is 0 Å². The van der Waals surface area contributed by atoms with Crippen LogP contribution in [-0.4, -0.2) is 43.8 Å². The van der Waals surface area contributed by atoms with Crippen LogP contribution in [0.5, 0.6) is 0 Å². The van der Waals surface area contributed by atoms with Crippen molar-refractivity contribution < 1.29 is 9.59 Å². The van der Waals surface area contributed by atoms with E-state index in [-0.39, 0.29) is 30.0 Å². The van der Waals surface area contributed by atoms with Gasteiger partial charge in [-0.05, 0) is 24.8 Å². The first-order chi connectivity index (χ1) is 13.5. The monoisotopic (exact) mass is 380 g/mol. The number of hydrogen-bond donors (Lipinski definition) is 0. The molecule has 146 valence electrons. The zero-order valence-corrected chi connectivity index (χ0v) is 16.0. The number of aromatic nitrogens is 2. The van der Waals surface area contributed by atoms with Crippen LogP contribution in [0.25, 0.3) is 0 Å². The summed E-state index contributed by atoms with van der Waals surface area (Å²) in [6, 6.07) is 10.2. The van der Waals surface area contributed by atoms with E-state index < -0.39 is 0 Å². The third kappa shape index (κ3) is 3.83. The summed E-state index contributed by atoms with van der Waals surface area (Å²) in [5, 5.41) is 0. The van der Waals surface area contributed by atoms with E-state index in [9.17, 15) is 14.4 Å². The quantitative estimate of drug-likeness (QED) is 0.785. The molecule has 1 aromatic carbocycles. The molecule has 0 spiro atoms. The van der Waals surface area contributed by atoms with Gasteiger partial charge < -0.3 is 9.80 Å². The van der Waals surface area contributed by atoms with Crippen molar-refractivity contribution in [3.8, 4) is 0 Å². The van der Waals surface area contributed by atoms with Crippen molar-refractivity contribution in [3.05, 3.63) is 63.8 Å². The molecule has 1 aliphatic carbocycles. The molecule has 0 bridgehead atoms. The van der Waals surface area contributed by atoms with Crippen molar-refractivity contribution in [2.45, 2.75) is 51.9 Å². The van der Waals surface area contributed by atoms with E-state index in [1.54, 1.807) is 4.90 Å². The minimum atomic E-state index is -0.169. The number of rotatable bonds is 5. The van der Waals surface area contributed by atoms with Crippen LogP contribution in [0.15, 0.2) is 41.5 Å². The average molecular weight is 380 g/mol. The Morgan fingerprint density at radius 1 is 1.21 bits per heavy atom. The largest absolute Gasteiger partial charge is 0.337 e. The van der Waals surface area contributed by atoms with Crippen molar-refractivity contribution in [2.75, 3.05) is 6.54 Å². The highest BCUT2D eigenvalue weighted by molar-refractivity contribution is 5.76. The maximum atomic E-state index is 12.9. The van der Waals surface area contributed by atoms with Crippen LogP contribution in [0, 0.1) is 0 Å². The number of benzene rings is 1. The molecule has 0 saturated heterocycles. The van der Waals surface area contributed by atoms with Crippen LogP contribution >= 0.6 is 0 Å². The summed E-state index contributed by atoms with van der Waals surface area (Å²) < 4.78 is 1.41. The first-order valence-corrected chi connectivity index (χ1v) is 9.69. The Morgan fingerprint density at radius 3 is 2.64 bits per heavy atom. The Balaban J connectivity index is 1.51. The molecule has 0 atom stereocenters. The maximum Gasteiger partial charge on any atom is 0.257 e. The molecule has 2 heterocycles. The molecule has 1 saturated carbocycles. The summed E-state index contributed by atoms with van der Waals surface area (Å²) in [7, 11) is 0. The lowest BCUT2D eigenvalue weighted by Crippen LogP contribution is -2.41. The van der Waals surface area contributed by atoms with Gasteiger partial charge in [0.05, 0.1) is 18.6 Å². The van der Waals surface area contributed by atoms with Gasteiger partial charge >= 0.3 is 0 Å².